The fourth-order valence-electron chi connectivity index (χ4n) is 2.17. The van der Waals surface area contributed by atoms with E-state index < -0.39 is 6.03 Å². The summed E-state index contributed by atoms with van der Waals surface area (Å²) in [5, 5.41) is 3.75. The van der Waals surface area contributed by atoms with E-state index in [4.69, 9.17) is 10.5 Å². The molecule has 5 nitrogen and oxygen atoms in total. The van der Waals surface area contributed by atoms with Crippen LogP contribution in [0.2, 0.25) is 0 Å². The lowest BCUT2D eigenvalue weighted by Crippen LogP contribution is -2.24. The Hall–Kier alpha value is -2.04. The van der Waals surface area contributed by atoms with Crippen LogP contribution in [0, 0.1) is 6.92 Å². The zero-order valence-electron chi connectivity index (χ0n) is 10.8. The number of carbonyl (C=O) groups is 1. The van der Waals surface area contributed by atoms with E-state index in [9.17, 15) is 4.79 Å². The Morgan fingerprint density at radius 3 is 2.94 bits per heavy atom. The van der Waals surface area contributed by atoms with E-state index in [0.29, 0.717) is 0 Å². The molecule has 2 amide bonds. The number of benzene rings is 1. The topological polar surface area (TPSA) is 76.7 Å². The fraction of sp³-hybridized carbons (Fsp3) is 0.385. The zero-order chi connectivity index (χ0) is 13.3. The first-order valence-corrected chi connectivity index (χ1v) is 5.78. The molecule has 1 aromatic carbocycles. The molecular weight excluding hydrogens is 230 g/mol. The van der Waals surface area contributed by atoms with Crippen molar-refractivity contribution in [1.82, 2.24) is 5.43 Å². The lowest BCUT2D eigenvalue weighted by Gasteiger charge is -2.17. The summed E-state index contributed by atoms with van der Waals surface area (Å²) in [6.45, 7) is 6.13. The van der Waals surface area contributed by atoms with E-state index >= 15 is 0 Å². The average molecular weight is 247 g/mol. The van der Waals surface area contributed by atoms with Gasteiger partial charge >= 0.3 is 6.03 Å². The van der Waals surface area contributed by atoms with E-state index in [-0.39, 0.29) is 5.60 Å². The number of amides is 2. The predicted molar refractivity (Wildman–Crippen MR) is 69.9 cm³/mol. The third kappa shape index (κ3) is 2.61. The number of ether oxygens (including phenoxy) is 1. The van der Waals surface area contributed by atoms with Gasteiger partial charge in [-0.2, -0.15) is 5.10 Å². The highest BCUT2D eigenvalue weighted by Gasteiger charge is 2.31. The van der Waals surface area contributed by atoms with E-state index in [1.54, 1.807) is 6.21 Å². The maximum absolute atomic E-state index is 10.5. The number of hydrogen-bond donors (Lipinski definition) is 2. The number of primary amides is 1. The fourth-order valence-corrected chi connectivity index (χ4v) is 2.17. The van der Waals surface area contributed by atoms with Crippen LogP contribution in [0.15, 0.2) is 17.2 Å². The molecule has 96 valence electrons. The molecule has 3 N–H and O–H groups in total. The monoisotopic (exact) mass is 247 g/mol. The number of aryl methyl sites for hydroxylation is 1. The number of rotatable bonds is 2. The Bertz CT molecular complexity index is 521. The molecule has 0 bridgehead atoms. The molecule has 0 aliphatic carbocycles. The van der Waals surface area contributed by atoms with Crippen molar-refractivity contribution in [3.63, 3.8) is 0 Å². The van der Waals surface area contributed by atoms with Crippen molar-refractivity contribution in [2.45, 2.75) is 32.8 Å². The molecule has 1 aliphatic heterocycles. The minimum atomic E-state index is -0.673. The number of carbonyl (C=O) groups excluding carboxylic acids is 1. The lowest BCUT2D eigenvalue weighted by atomic mass is 9.99. The van der Waals surface area contributed by atoms with E-state index in [2.05, 4.69) is 24.4 Å². The van der Waals surface area contributed by atoms with Gasteiger partial charge < -0.3 is 10.5 Å². The van der Waals surface area contributed by atoms with Crippen molar-refractivity contribution in [2.75, 3.05) is 0 Å². The Labute approximate surface area is 106 Å². The second-order valence-corrected chi connectivity index (χ2v) is 5.10. The van der Waals surface area contributed by atoms with Crippen molar-refractivity contribution >= 4 is 12.2 Å². The normalized spacial score (nSPS) is 16.4. The molecule has 0 atom stereocenters. The Balaban J connectivity index is 2.25. The van der Waals surface area contributed by atoms with Crippen LogP contribution >= 0.6 is 0 Å². The van der Waals surface area contributed by atoms with Crippen molar-refractivity contribution < 1.29 is 9.53 Å². The maximum Gasteiger partial charge on any atom is 0.332 e. The molecule has 18 heavy (non-hydrogen) atoms. The first-order valence-electron chi connectivity index (χ1n) is 5.78. The van der Waals surface area contributed by atoms with Crippen LogP contribution in [-0.4, -0.2) is 17.8 Å². The van der Waals surface area contributed by atoms with E-state index in [0.717, 1.165) is 23.3 Å². The van der Waals surface area contributed by atoms with Crippen molar-refractivity contribution in [3.05, 3.63) is 28.8 Å². The van der Waals surface area contributed by atoms with Gasteiger partial charge in [0.15, 0.2) is 0 Å². The number of fused-ring (bicyclic) bond motifs is 1. The summed E-state index contributed by atoms with van der Waals surface area (Å²) in [6.07, 6.45) is 2.44. The zero-order valence-corrected chi connectivity index (χ0v) is 10.8. The second-order valence-electron chi connectivity index (χ2n) is 5.10. The molecule has 1 aromatic rings. The number of nitrogens with two attached hydrogens (primary N) is 1. The second kappa shape index (κ2) is 4.33. The first-order chi connectivity index (χ1) is 8.37. The summed E-state index contributed by atoms with van der Waals surface area (Å²) in [5.41, 5.74) is 10.1. The van der Waals surface area contributed by atoms with Gasteiger partial charge in [-0.1, -0.05) is 0 Å². The van der Waals surface area contributed by atoms with Gasteiger partial charge in [-0.25, -0.2) is 10.2 Å². The molecule has 0 saturated carbocycles. The molecule has 0 unspecified atom stereocenters. The van der Waals surface area contributed by atoms with Crippen LogP contribution in [0.4, 0.5) is 4.79 Å². The van der Waals surface area contributed by atoms with Crippen molar-refractivity contribution in [2.24, 2.45) is 10.8 Å². The van der Waals surface area contributed by atoms with Crippen LogP contribution in [0.25, 0.3) is 0 Å². The number of nitrogens with one attached hydrogen (secondary N) is 1. The highest BCUT2D eigenvalue weighted by atomic mass is 16.5. The molecule has 1 heterocycles. The van der Waals surface area contributed by atoms with Gasteiger partial charge in [-0.3, -0.25) is 0 Å². The Morgan fingerprint density at radius 1 is 1.56 bits per heavy atom. The average Bonchev–Trinajstić information content (AvgIpc) is 2.52. The van der Waals surface area contributed by atoms with Gasteiger partial charge in [0.25, 0.3) is 0 Å². The molecule has 0 radical (unpaired) electrons. The number of urea groups is 1. The van der Waals surface area contributed by atoms with Crippen molar-refractivity contribution in [3.8, 4) is 5.75 Å². The molecule has 0 fully saturated rings. The SMILES string of the molecule is Cc1cc(C=NNC(N)=O)cc2c1OC(C)(C)C2. The molecule has 2 rings (SSSR count). The van der Waals surface area contributed by atoms with Crippen LogP contribution in [-0.2, 0) is 6.42 Å². The number of nitrogens with zero attached hydrogens (tertiary/aromatic N) is 1. The number of hydrazone groups is 1. The lowest BCUT2D eigenvalue weighted by molar-refractivity contribution is 0.137. The van der Waals surface area contributed by atoms with E-state index in [1.807, 2.05) is 19.1 Å². The predicted octanol–water partition coefficient (Wildman–Crippen LogP) is 1.71. The van der Waals surface area contributed by atoms with Crippen LogP contribution in [0.5, 0.6) is 5.75 Å². The minimum Gasteiger partial charge on any atom is -0.487 e. The van der Waals surface area contributed by atoms with Gasteiger partial charge in [-0.05, 0) is 49.6 Å². The molecule has 0 saturated heterocycles. The molecule has 5 heteroatoms. The molecule has 1 aliphatic rings. The molecular formula is C13H17N3O2. The Kier molecular flexibility index (Phi) is 2.98. The van der Waals surface area contributed by atoms with Gasteiger partial charge in [0, 0.05) is 6.42 Å². The van der Waals surface area contributed by atoms with Gasteiger partial charge in [0.2, 0.25) is 0 Å². The first kappa shape index (κ1) is 12.4. The Morgan fingerprint density at radius 2 is 2.28 bits per heavy atom. The molecule has 0 aromatic heterocycles. The van der Waals surface area contributed by atoms with Crippen LogP contribution in [0.3, 0.4) is 0 Å². The summed E-state index contributed by atoms with van der Waals surface area (Å²) in [7, 11) is 0. The quantitative estimate of drug-likeness (QED) is 0.616. The van der Waals surface area contributed by atoms with Crippen molar-refractivity contribution in [1.29, 1.82) is 0 Å². The largest absolute Gasteiger partial charge is 0.487 e. The number of hydrogen-bond acceptors (Lipinski definition) is 3. The van der Waals surface area contributed by atoms with Gasteiger partial charge in [-0.15, -0.1) is 0 Å². The molecule has 0 spiro atoms. The summed E-state index contributed by atoms with van der Waals surface area (Å²) < 4.78 is 5.89. The van der Waals surface area contributed by atoms with Crippen LogP contribution < -0.4 is 15.9 Å². The highest BCUT2D eigenvalue weighted by Crippen LogP contribution is 2.37. The van der Waals surface area contributed by atoms with Crippen LogP contribution in [0.1, 0.15) is 30.5 Å². The summed E-state index contributed by atoms with van der Waals surface area (Å²) in [6, 6.07) is 3.31. The summed E-state index contributed by atoms with van der Waals surface area (Å²) >= 11 is 0. The third-order valence-corrected chi connectivity index (χ3v) is 2.76. The summed E-state index contributed by atoms with van der Waals surface area (Å²) in [4.78, 5) is 10.5. The standard InChI is InChI=1S/C13H17N3O2/c1-8-4-9(7-15-16-12(14)17)5-10-6-13(2,3)18-11(8)10/h4-5,7H,6H2,1-3H3,(H3,14,16,17). The third-order valence-electron chi connectivity index (χ3n) is 2.76. The van der Waals surface area contributed by atoms with E-state index in [1.165, 1.54) is 5.56 Å². The smallest absolute Gasteiger partial charge is 0.332 e. The minimum absolute atomic E-state index is 0.158. The van der Waals surface area contributed by atoms with Gasteiger partial charge in [0.05, 0.1) is 6.21 Å². The van der Waals surface area contributed by atoms with Gasteiger partial charge in [0.1, 0.15) is 11.4 Å². The summed E-state index contributed by atoms with van der Waals surface area (Å²) in [5.74, 6) is 0.958. The highest BCUT2D eigenvalue weighted by molar-refractivity contribution is 5.82. The maximum atomic E-state index is 10.5.